The number of aliphatic hydroxyl groups excluding tert-OH is 3. The fourth-order valence-electron chi connectivity index (χ4n) is 3.96. The van der Waals surface area contributed by atoms with Crippen LogP contribution in [0, 0.1) is 17.8 Å². The monoisotopic (exact) mass is 396 g/mol. The maximum atomic E-state index is 11.1. The highest BCUT2D eigenvalue weighted by molar-refractivity contribution is 5.69. The normalized spacial score (nSPS) is 27.5. The third-order valence-corrected chi connectivity index (χ3v) is 5.72. The first-order valence-corrected chi connectivity index (χ1v) is 10.8. The van der Waals surface area contributed by atoms with Crippen molar-refractivity contribution in [3.05, 3.63) is 24.3 Å². The molecule has 0 saturated heterocycles. The van der Waals surface area contributed by atoms with E-state index in [9.17, 15) is 20.1 Å². The average molecular weight is 397 g/mol. The molecule has 0 aromatic carbocycles. The van der Waals surface area contributed by atoms with Crippen LogP contribution < -0.4 is 0 Å². The summed E-state index contributed by atoms with van der Waals surface area (Å²) in [5.74, 6) is 0.0843. The second kappa shape index (κ2) is 13.9. The van der Waals surface area contributed by atoms with Crippen LogP contribution in [0.4, 0.5) is 0 Å². The highest BCUT2D eigenvalue weighted by atomic mass is 16.5. The molecule has 3 N–H and O–H groups in total. The van der Waals surface area contributed by atoms with Crippen LogP contribution >= 0.6 is 0 Å². The lowest BCUT2D eigenvalue weighted by molar-refractivity contribution is -0.140. The Labute approximate surface area is 170 Å². The number of hydrogen-bond donors (Lipinski definition) is 3. The first-order chi connectivity index (χ1) is 13.4. The Morgan fingerprint density at radius 3 is 2.64 bits per heavy atom. The molecule has 0 aromatic heterocycles. The van der Waals surface area contributed by atoms with Gasteiger partial charge in [-0.25, -0.2) is 0 Å². The number of carbonyl (C=O) groups excluding carboxylic acids is 1. The molecule has 0 aromatic rings. The molecule has 28 heavy (non-hydrogen) atoms. The second-order valence-electron chi connectivity index (χ2n) is 8.22. The number of aliphatic hydroxyl groups is 3. The number of unbranched alkanes of at least 4 members (excludes halogenated alkanes) is 2. The van der Waals surface area contributed by atoms with E-state index in [-0.39, 0.29) is 17.8 Å². The van der Waals surface area contributed by atoms with Gasteiger partial charge < -0.3 is 20.1 Å². The quantitative estimate of drug-likeness (QED) is 0.251. The van der Waals surface area contributed by atoms with Crippen LogP contribution in [0.1, 0.15) is 71.6 Å². The molecule has 1 fully saturated rings. The van der Waals surface area contributed by atoms with Crippen molar-refractivity contribution in [1.29, 1.82) is 0 Å². The fraction of sp³-hybridized carbons (Fsp3) is 0.783. The summed E-state index contributed by atoms with van der Waals surface area (Å²) < 4.78 is 4.62. The summed E-state index contributed by atoms with van der Waals surface area (Å²) in [7, 11) is 1.39. The summed E-state index contributed by atoms with van der Waals surface area (Å²) in [5.41, 5.74) is 0. The SMILES string of the molecule is CCCC[C@H](C)C[C@H](O)/C=C/[C@@H]1[C@@H](C/C=C\CCCC(=O)OC)[C@@H](O)C[C@H]1O. The smallest absolute Gasteiger partial charge is 0.305 e. The van der Waals surface area contributed by atoms with Gasteiger partial charge in [0, 0.05) is 18.8 Å². The van der Waals surface area contributed by atoms with Crippen molar-refractivity contribution in [2.75, 3.05) is 7.11 Å². The van der Waals surface area contributed by atoms with Gasteiger partial charge in [0.25, 0.3) is 0 Å². The van der Waals surface area contributed by atoms with Gasteiger partial charge in [-0.3, -0.25) is 4.79 Å². The predicted octanol–water partition coefficient (Wildman–Crippen LogP) is 3.77. The van der Waals surface area contributed by atoms with E-state index in [1.807, 2.05) is 18.2 Å². The molecule has 162 valence electrons. The van der Waals surface area contributed by atoms with Crippen molar-refractivity contribution in [3.8, 4) is 0 Å². The molecule has 6 atom stereocenters. The Balaban J connectivity index is 2.48. The lowest BCUT2D eigenvalue weighted by atomic mass is 9.89. The summed E-state index contributed by atoms with van der Waals surface area (Å²) in [6, 6.07) is 0. The third-order valence-electron chi connectivity index (χ3n) is 5.72. The molecular weight excluding hydrogens is 356 g/mol. The molecule has 0 amide bonds. The van der Waals surface area contributed by atoms with Gasteiger partial charge in [0.1, 0.15) is 0 Å². The van der Waals surface area contributed by atoms with Gasteiger partial charge in [0.15, 0.2) is 0 Å². The van der Waals surface area contributed by atoms with Crippen molar-refractivity contribution in [3.63, 3.8) is 0 Å². The number of carbonyl (C=O) groups is 1. The van der Waals surface area contributed by atoms with Crippen LogP contribution in [0.25, 0.3) is 0 Å². The van der Waals surface area contributed by atoms with E-state index >= 15 is 0 Å². The highest BCUT2D eigenvalue weighted by Crippen LogP contribution is 2.36. The number of hydrogen-bond acceptors (Lipinski definition) is 5. The molecule has 0 radical (unpaired) electrons. The van der Waals surface area contributed by atoms with E-state index in [1.54, 1.807) is 6.08 Å². The standard InChI is InChI=1S/C23H40O5/c1-4-5-10-17(2)15-18(24)13-14-20-19(21(25)16-22(20)26)11-8-6-7-9-12-23(27)28-3/h6,8,13-14,17-22,24-26H,4-5,7,9-12,15-16H2,1-3H3/b8-6-,14-13+/t17-,18+,19+,20+,21-,22+/m0/s1. The lowest BCUT2D eigenvalue weighted by Crippen LogP contribution is -2.20. The number of methoxy groups -OCH3 is 1. The van der Waals surface area contributed by atoms with Crippen molar-refractivity contribution < 1.29 is 24.9 Å². The van der Waals surface area contributed by atoms with Crippen LogP contribution in [0.3, 0.4) is 0 Å². The molecule has 0 spiro atoms. The van der Waals surface area contributed by atoms with E-state index in [0.29, 0.717) is 25.2 Å². The maximum Gasteiger partial charge on any atom is 0.305 e. The van der Waals surface area contributed by atoms with Gasteiger partial charge in [-0.05, 0) is 37.5 Å². The van der Waals surface area contributed by atoms with Crippen molar-refractivity contribution in [2.45, 2.75) is 89.9 Å². The van der Waals surface area contributed by atoms with Gasteiger partial charge in [-0.1, -0.05) is 57.4 Å². The molecule has 1 saturated carbocycles. The first kappa shape index (κ1) is 24.9. The molecule has 0 aliphatic heterocycles. The first-order valence-electron chi connectivity index (χ1n) is 10.8. The maximum absolute atomic E-state index is 11.1. The zero-order valence-corrected chi connectivity index (χ0v) is 17.8. The number of ether oxygens (including phenoxy) is 1. The van der Waals surface area contributed by atoms with Crippen molar-refractivity contribution in [1.82, 2.24) is 0 Å². The molecule has 1 aliphatic carbocycles. The number of esters is 1. The molecule has 0 bridgehead atoms. The molecule has 5 nitrogen and oxygen atoms in total. The fourth-order valence-corrected chi connectivity index (χ4v) is 3.96. The topological polar surface area (TPSA) is 87.0 Å². The minimum absolute atomic E-state index is 0.0483. The van der Waals surface area contributed by atoms with Gasteiger partial charge in [-0.2, -0.15) is 0 Å². The lowest BCUT2D eigenvalue weighted by Gasteiger charge is -2.20. The van der Waals surface area contributed by atoms with Gasteiger partial charge in [-0.15, -0.1) is 0 Å². The van der Waals surface area contributed by atoms with Crippen LogP contribution in [-0.4, -0.2) is 46.7 Å². The van der Waals surface area contributed by atoms with Gasteiger partial charge >= 0.3 is 5.97 Å². The highest BCUT2D eigenvalue weighted by Gasteiger charge is 2.39. The van der Waals surface area contributed by atoms with Gasteiger partial charge in [0.2, 0.25) is 0 Å². The van der Waals surface area contributed by atoms with Gasteiger partial charge in [0.05, 0.1) is 25.4 Å². The van der Waals surface area contributed by atoms with E-state index in [0.717, 1.165) is 25.7 Å². The van der Waals surface area contributed by atoms with E-state index < -0.39 is 18.3 Å². The van der Waals surface area contributed by atoms with Crippen LogP contribution in [0.2, 0.25) is 0 Å². The molecule has 1 rings (SSSR count). The molecule has 5 heteroatoms. The predicted molar refractivity (Wildman–Crippen MR) is 112 cm³/mol. The Bertz CT molecular complexity index is 487. The molecule has 0 unspecified atom stereocenters. The summed E-state index contributed by atoms with van der Waals surface area (Å²) in [5, 5.41) is 30.9. The Morgan fingerprint density at radius 2 is 1.96 bits per heavy atom. The summed E-state index contributed by atoms with van der Waals surface area (Å²) in [6.07, 6.45) is 13.3. The van der Waals surface area contributed by atoms with Crippen LogP contribution in [0.15, 0.2) is 24.3 Å². The molecule has 1 aliphatic rings. The Hall–Kier alpha value is -1.17. The van der Waals surface area contributed by atoms with E-state index in [4.69, 9.17) is 0 Å². The molecular formula is C23H40O5. The van der Waals surface area contributed by atoms with Crippen molar-refractivity contribution >= 4 is 5.97 Å². The largest absolute Gasteiger partial charge is 0.469 e. The Morgan fingerprint density at radius 1 is 1.21 bits per heavy atom. The second-order valence-corrected chi connectivity index (χ2v) is 8.22. The number of allylic oxidation sites excluding steroid dienone is 2. The molecule has 0 heterocycles. The minimum Gasteiger partial charge on any atom is -0.469 e. The third kappa shape index (κ3) is 9.35. The zero-order chi connectivity index (χ0) is 20.9. The summed E-state index contributed by atoms with van der Waals surface area (Å²) in [6.45, 7) is 4.33. The average Bonchev–Trinajstić information content (AvgIpc) is 2.93. The van der Waals surface area contributed by atoms with Crippen LogP contribution in [0.5, 0.6) is 0 Å². The number of rotatable bonds is 13. The minimum atomic E-state index is -0.575. The zero-order valence-electron chi connectivity index (χ0n) is 17.8. The summed E-state index contributed by atoms with van der Waals surface area (Å²) in [4.78, 5) is 11.1. The van der Waals surface area contributed by atoms with Crippen LogP contribution in [-0.2, 0) is 9.53 Å². The van der Waals surface area contributed by atoms with E-state index in [2.05, 4.69) is 18.6 Å². The van der Waals surface area contributed by atoms with E-state index in [1.165, 1.54) is 20.0 Å². The Kier molecular flexibility index (Phi) is 12.4. The van der Waals surface area contributed by atoms with Crippen molar-refractivity contribution in [2.24, 2.45) is 17.8 Å². The summed E-state index contributed by atoms with van der Waals surface area (Å²) >= 11 is 0.